The summed E-state index contributed by atoms with van der Waals surface area (Å²) in [7, 11) is 0.753. The lowest BCUT2D eigenvalue weighted by atomic mass is 10.0. The van der Waals surface area contributed by atoms with Gasteiger partial charge in [-0.2, -0.15) is 0 Å². The Morgan fingerprint density at radius 1 is 0.423 bits per heavy atom. The lowest BCUT2D eigenvalue weighted by molar-refractivity contribution is 0.319. The van der Waals surface area contributed by atoms with Crippen LogP contribution in [-0.2, 0) is 4.43 Å². The fourth-order valence-electron chi connectivity index (χ4n) is 3.49. The molecule has 0 rings (SSSR count). The maximum Gasteiger partial charge on any atom is 0.229 e. The Morgan fingerprint density at radius 3 is 1.19 bits per heavy atom. The third-order valence-corrected chi connectivity index (χ3v) is 6.30. The molecule has 0 saturated carbocycles. The van der Waals surface area contributed by atoms with Gasteiger partial charge in [-0.3, -0.25) is 0 Å². The van der Waals surface area contributed by atoms with Gasteiger partial charge in [0.2, 0.25) is 9.76 Å². The highest BCUT2D eigenvalue weighted by Crippen LogP contribution is 2.14. The Kier molecular flexibility index (Phi) is 25.3. The molecule has 0 fully saturated rings. The molecule has 156 valence electrons. The first kappa shape index (κ1) is 26.2. The Morgan fingerprint density at radius 2 is 0.769 bits per heavy atom. The van der Waals surface area contributed by atoms with Crippen molar-refractivity contribution in [3.63, 3.8) is 0 Å². The molecule has 0 heterocycles. The van der Waals surface area contributed by atoms with Crippen molar-refractivity contribution in [1.29, 1.82) is 0 Å². The maximum absolute atomic E-state index is 5.73. The molecule has 0 aromatic carbocycles. The van der Waals surface area contributed by atoms with E-state index in [2.05, 4.69) is 13.8 Å². The van der Waals surface area contributed by atoms with Crippen molar-refractivity contribution in [1.82, 2.24) is 0 Å². The third-order valence-electron chi connectivity index (χ3n) is 5.33. The molecule has 0 aliphatic heterocycles. The molecule has 0 N–H and O–H groups in total. The van der Waals surface area contributed by atoms with E-state index in [-0.39, 0.29) is 0 Å². The van der Waals surface area contributed by atoms with E-state index in [1.807, 2.05) is 0 Å². The van der Waals surface area contributed by atoms with Gasteiger partial charge in [-0.25, -0.2) is 0 Å². The number of hydrogen-bond donors (Lipinski definition) is 0. The summed E-state index contributed by atoms with van der Waals surface area (Å²) in [6.07, 6.45) is 28.6. The van der Waals surface area contributed by atoms with E-state index in [1.54, 1.807) is 0 Å². The molecule has 0 aliphatic rings. The summed E-state index contributed by atoms with van der Waals surface area (Å²) in [4.78, 5) is 0. The van der Waals surface area contributed by atoms with Crippen molar-refractivity contribution >= 4 is 9.76 Å². The van der Waals surface area contributed by atoms with E-state index in [0.717, 1.165) is 16.4 Å². The number of hydrogen-bond acceptors (Lipinski definition) is 1. The molecule has 2 heteroatoms. The highest BCUT2D eigenvalue weighted by atomic mass is 28.2. The van der Waals surface area contributed by atoms with Gasteiger partial charge in [0.1, 0.15) is 0 Å². The maximum atomic E-state index is 5.73. The zero-order valence-corrected chi connectivity index (χ0v) is 19.5. The first-order valence-electron chi connectivity index (χ1n) is 12.3. The van der Waals surface area contributed by atoms with Crippen LogP contribution >= 0.6 is 0 Å². The Balaban J connectivity index is 2.95. The van der Waals surface area contributed by atoms with Crippen LogP contribution in [0.3, 0.4) is 0 Å². The minimum Gasteiger partial charge on any atom is -0.417 e. The van der Waals surface area contributed by atoms with Crippen molar-refractivity contribution in [2.24, 2.45) is 0 Å². The SMILES string of the molecule is CCCCCCCCCCCCCCCCCCCO[Si]CCCCC. The molecule has 0 atom stereocenters. The summed E-state index contributed by atoms with van der Waals surface area (Å²) in [6, 6.07) is 1.28. The molecule has 2 radical (unpaired) electrons. The zero-order valence-electron chi connectivity index (χ0n) is 18.5. The first-order chi connectivity index (χ1) is 12.9. The smallest absolute Gasteiger partial charge is 0.229 e. The van der Waals surface area contributed by atoms with E-state index in [1.165, 1.54) is 134 Å². The standard InChI is InChI=1S/C24H50OSi/c1-3-5-7-8-9-10-11-12-13-14-15-16-17-18-19-20-21-23-25-26-24-22-6-4-2/h3-24H2,1-2H3. The van der Waals surface area contributed by atoms with Crippen LogP contribution in [0.2, 0.25) is 6.04 Å². The topological polar surface area (TPSA) is 9.23 Å². The van der Waals surface area contributed by atoms with Gasteiger partial charge in [-0.05, 0) is 12.5 Å². The van der Waals surface area contributed by atoms with Crippen molar-refractivity contribution in [3.8, 4) is 0 Å². The normalized spacial score (nSPS) is 11.3. The molecule has 0 aromatic heterocycles. The van der Waals surface area contributed by atoms with Crippen molar-refractivity contribution < 1.29 is 4.43 Å². The summed E-state index contributed by atoms with van der Waals surface area (Å²) >= 11 is 0. The molecule has 0 amide bonds. The van der Waals surface area contributed by atoms with Gasteiger partial charge in [-0.1, -0.05) is 136 Å². The molecular formula is C24H50OSi. The van der Waals surface area contributed by atoms with Crippen LogP contribution in [-0.4, -0.2) is 16.4 Å². The number of unbranched alkanes of at least 4 members (excludes halogenated alkanes) is 18. The molecule has 0 aromatic rings. The largest absolute Gasteiger partial charge is 0.417 e. The Bertz CT molecular complexity index is 208. The van der Waals surface area contributed by atoms with Crippen LogP contribution < -0.4 is 0 Å². The molecule has 0 bridgehead atoms. The summed E-state index contributed by atoms with van der Waals surface area (Å²) in [5, 5.41) is 0. The van der Waals surface area contributed by atoms with E-state index in [9.17, 15) is 0 Å². The fraction of sp³-hybridized carbons (Fsp3) is 1.00. The second-order valence-electron chi connectivity index (χ2n) is 8.11. The van der Waals surface area contributed by atoms with E-state index in [0.29, 0.717) is 0 Å². The molecule has 0 saturated heterocycles. The first-order valence-corrected chi connectivity index (χ1v) is 13.4. The summed E-state index contributed by atoms with van der Waals surface area (Å²) in [6.45, 7) is 5.57. The summed E-state index contributed by atoms with van der Waals surface area (Å²) in [5.41, 5.74) is 0. The minimum atomic E-state index is 0.753. The van der Waals surface area contributed by atoms with Crippen LogP contribution in [0, 0.1) is 0 Å². The van der Waals surface area contributed by atoms with E-state index in [4.69, 9.17) is 4.43 Å². The molecule has 1 nitrogen and oxygen atoms in total. The van der Waals surface area contributed by atoms with Gasteiger partial charge in [0, 0.05) is 6.61 Å². The zero-order chi connectivity index (χ0) is 19.0. The Hall–Kier alpha value is 0.177. The van der Waals surface area contributed by atoms with Gasteiger partial charge in [0.15, 0.2) is 0 Å². The lowest BCUT2D eigenvalue weighted by Crippen LogP contribution is -2.00. The van der Waals surface area contributed by atoms with Crippen LogP contribution in [0.25, 0.3) is 0 Å². The van der Waals surface area contributed by atoms with Gasteiger partial charge >= 0.3 is 0 Å². The predicted octanol–water partition coefficient (Wildman–Crippen LogP) is 8.88. The molecular weight excluding hydrogens is 332 g/mol. The van der Waals surface area contributed by atoms with Crippen molar-refractivity contribution in [3.05, 3.63) is 0 Å². The average Bonchev–Trinajstić information content (AvgIpc) is 2.66. The predicted molar refractivity (Wildman–Crippen MR) is 120 cm³/mol. The second-order valence-corrected chi connectivity index (χ2v) is 9.18. The molecule has 26 heavy (non-hydrogen) atoms. The Labute approximate surface area is 169 Å². The highest BCUT2D eigenvalue weighted by molar-refractivity contribution is 6.26. The van der Waals surface area contributed by atoms with Crippen LogP contribution in [0.4, 0.5) is 0 Å². The van der Waals surface area contributed by atoms with Crippen LogP contribution in [0.1, 0.15) is 142 Å². The molecule has 0 aliphatic carbocycles. The second kappa shape index (κ2) is 25.2. The quantitative estimate of drug-likeness (QED) is 0.127. The van der Waals surface area contributed by atoms with Gasteiger partial charge in [0.25, 0.3) is 0 Å². The average molecular weight is 383 g/mol. The van der Waals surface area contributed by atoms with Gasteiger partial charge < -0.3 is 4.43 Å². The molecule has 0 spiro atoms. The van der Waals surface area contributed by atoms with Crippen LogP contribution in [0.15, 0.2) is 0 Å². The summed E-state index contributed by atoms with van der Waals surface area (Å²) < 4.78 is 5.73. The highest BCUT2D eigenvalue weighted by Gasteiger charge is 1.96. The van der Waals surface area contributed by atoms with Crippen molar-refractivity contribution in [2.75, 3.05) is 6.61 Å². The van der Waals surface area contributed by atoms with Crippen LogP contribution in [0.5, 0.6) is 0 Å². The van der Waals surface area contributed by atoms with Crippen molar-refractivity contribution in [2.45, 2.75) is 148 Å². The third kappa shape index (κ3) is 24.2. The fourth-order valence-corrected chi connectivity index (χ4v) is 4.32. The van der Waals surface area contributed by atoms with E-state index < -0.39 is 0 Å². The van der Waals surface area contributed by atoms with E-state index >= 15 is 0 Å². The summed E-state index contributed by atoms with van der Waals surface area (Å²) in [5.74, 6) is 0. The minimum absolute atomic E-state index is 0.753. The number of rotatable bonds is 23. The lowest BCUT2D eigenvalue weighted by Gasteiger charge is -2.04. The molecule has 0 unspecified atom stereocenters. The van der Waals surface area contributed by atoms with Gasteiger partial charge in [-0.15, -0.1) is 0 Å². The van der Waals surface area contributed by atoms with Gasteiger partial charge in [0.05, 0.1) is 0 Å². The monoisotopic (exact) mass is 382 g/mol.